The van der Waals surface area contributed by atoms with Gasteiger partial charge in [0.15, 0.2) is 6.10 Å². The zero-order valence-electron chi connectivity index (χ0n) is 15.5. The minimum absolute atomic E-state index is 0.0414. The second kappa shape index (κ2) is 7.09. The molecule has 0 bridgehead atoms. The molecule has 2 aromatic rings. The van der Waals surface area contributed by atoms with E-state index in [1.165, 1.54) is 12.5 Å². The highest BCUT2D eigenvalue weighted by Crippen LogP contribution is 2.23. The largest absolute Gasteiger partial charge is 0.449 e. The standard InChI is InChI=1S/C19H24N2O4/c1-11-16(12(2)25-21-11)18(23)24-13(3)17(22)20-15-9-7-14(8-10-15)19(4,5)6/h7-10,13H,1-6H3,(H,20,22). The van der Waals surface area contributed by atoms with Crippen LogP contribution in [0, 0.1) is 13.8 Å². The van der Waals surface area contributed by atoms with Gasteiger partial charge in [-0.15, -0.1) is 0 Å². The van der Waals surface area contributed by atoms with Crippen LogP contribution in [-0.4, -0.2) is 23.1 Å². The molecule has 0 saturated carbocycles. The zero-order valence-corrected chi connectivity index (χ0v) is 15.5. The third-order valence-corrected chi connectivity index (χ3v) is 3.91. The molecule has 0 aliphatic rings. The molecule has 0 fully saturated rings. The van der Waals surface area contributed by atoms with Crippen LogP contribution < -0.4 is 5.32 Å². The lowest BCUT2D eigenvalue weighted by molar-refractivity contribution is -0.123. The Labute approximate surface area is 147 Å². The molecule has 1 amide bonds. The molecule has 1 heterocycles. The van der Waals surface area contributed by atoms with Crippen LogP contribution in [0.3, 0.4) is 0 Å². The summed E-state index contributed by atoms with van der Waals surface area (Å²) in [5.41, 5.74) is 2.56. The normalized spacial score (nSPS) is 12.6. The summed E-state index contributed by atoms with van der Waals surface area (Å²) >= 11 is 0. The summed E-state index contributed by atoms with van der Waals surface area (Å²) in [5.74, 6) is -0.654. The van der Waals surface area contributed by atoms with E-state index < -0.39 is 18.0 Å². The quantitative estimate of drug-likeness (QED) is 0.854. The molecule has 1 aromatic carbocycles. The van der Waals surface area contributed by atoms with Crippen molar-refractivity contribution in [2.75, 3.05) is 5.32 Å². The number of esters is 1. The molecular weight excluding hydrogens is 320 g/mol. The van der Waals surface area contributed by atoms with E-state index >= 15 is 0 Å². The summed E-state index contributed by atoms with van der Waals surface area (Å²) in [5, 5.41) is 6.45. The number of carbonyl (C=O) groups is 2. The first kappa shape index (κ1) is 18.7. The molecule has 0 radical (unpaired) electrons. The maximum Gasteiger partial charge on any atom is 0.344 e. The Balaban J connectivity index is 2.00. The van der Waals surface area contributed by atoms with E-state index in [2.05, 4.69) is 31.2 Å². The Hall–Kier alpha value is -2.63. The molecule has 134 valence electrons. The monoisotopic (exact) mass is 344 g/mol. The molecular formula is C19H24N2O4. The molecule has 0 aliphatic heterocycles. The predicted molar refractivity (Wildman–Crippen MR) is 94.6 cm³/mol. The number of rotatable bonds is 4. The van der Waals surface area contributed by atoms with Gasteiger partial charge in [0.05, 0.1) is 5.69 Å². The first-order chi connectivity index (χ1) is 11.6. The Kier molecular flexibility index (Phi) is 5.30. The average Bonchev–Trinajstić information content (AvgIpc) is 2.85. The summed E-state index contributed by atoms with van der Waals surface area (Å²) in [6.45, 7) is 11.2. The van der Waals surface area contributed by atoms with E-state index in [1.54, 1.807) is 13.8 Å². The van der Waals surface area contributed by atoms with Crippen LogP contribution in [0.2, 0.25) is 0 Å². The average molecular weight is 344 g/mol. The minimum Gasteiger partial charge on any atom is -0.449 e. The van der Waals surface area contributed by atoms with E-state index in [9.17, 15) is 9.59 Å². The number of amides is 1. The molecule has 1 atom stereocenters. The number of carbonyl (C=O) groups excluding carboxylic acids is 2. The van der Waals surface area contributed by atoms with E-state index in [4.69, 9.17) is 9.26 Å². The maximum atomic E-state index is 12.2. The highest BCUT2D eigenvalue weighted by Gasteiger charge is 2.24. The number of benzene rings is 1. The molecule has 1 unspecified atom stereocenters. The number of hydrogen-bond donors (Lipinski definition) is 1. The number of nitrogens with zero attached hydrogens (tertiary/aromatic N) is 1. The van der Waals surface area contributed by atoms with Gasteiger partial charge in [0.2, 0.25) is 0 Å². The number of ether oxygens (including phenoxy) is 1. The summed E-state index contributed by atoms with van der Waals surface area (Å²) in [6.07, 6.45) is -0.941. The van der Waals surface area contributed by atoms with Gasteiger partial charge in [-0.2, -0.15) is 0 Å². The Bertz CT molecular complexity index is 750. The van der Waals surface area contributed by atoms with Gasteiger partial charge in [0.1, 0.15) is 11.3 Å². The molecule has 0 spiro atoms. The van der Waals surface area contributed by atoms with Gasteiger partial charge in [-0.1, -0.05) is 38.1 Å². The van der Waals surface area contributed by atoms with Crippen molar-refractivity contribution >= 4 is 17.6 Å². The first-order valence-corrected chi connectivity index (χ1v) is 8.15. The van der Waals surface area contributed by atoms with Crippen molar-refractivity contribution in [3.63, 3.8) is 0 Å². The van der Waals surface area contributed by atoms with Gasteiger partial charge < -0.3 is 14.6 Å². The van der Waals surface area contributed by atoms with Crippen molar-refractivity contribution < 1.29 is 18.8 Å². The lowest BCUT2D eigenvalue weighted by Crippen LogP contribution is -2.30. The summed E-state index contributed by atoms with van der Waals surface area (Å²) in [6, 6.07) is 7.61. The van der Waals surface area contributed by atoms with Crippen molar-refractivity contribution in [2.24, 2.45) is 0 Å². The molecule has 1 aromatic heterocycles. The fourth-order valence-corrected chi connectivity index (χ4v) is 2.34. The van der Waals surface area contributed by atoms with Crippen molar-refractivity contribution in [3.8, 4) is 0 Å². The topological polar surface area (TPSA) is 81.4 Å². The number of hydrogen-bond acceptors (Lipinski definition) is 5. The zero-order chi connectivity index (χ0) is 18.8. The van der Waals surface area contributed by atoms with Crippen LogP contribution in [0.1, 0.15) is 55.1 Å². The molecule has 0 aliphatic carbocycles. The summed E-state index contributed by atoms with van der Waals surface area (Å²) in [7, 11) is 0. The molecule has 6 heteroatoms. The lowest BCUT2D eigenvalue weighted by Gasteiger charge is -2.19. The van der Waals surface area contributed by atoms with Gasteiger partial charge in [-0.3, -0.25) is 4.79 Å². The van der Waals surface area contributed by atoms with E-state index in [-0.39, 0.29) is 11.0 Å². The highest BCUT2D eigenvalue weighted by atomic mass is 16.5. The van der Waals surface area contributed by atoms with Crippen LogP contribution in [0.25, 0.3) is 0 Å². The highest BCUT2D eigenvalue weighted by molar-refractivity contribution is 5.98. The van der Waals surface area contributed by atoms with Crippen molar-refractivity contribution in [2.45, 2.75) is 53.1 Å². The minimum atomic E-state index is -0.941. The molecule has 6 nitrogen and oxygen atoms in total. The van der Waals surface area contributed by atoms with Crippen LogP contribution in [-0.2, 0) is 14.9 Å². The third-order valence-electron chi connectivity index (χ3n) is 3.91. The second-order valence-corrected chi connectivity index (χ2v) is 7.06. The second-order valence-electron chi connectivity index (χ2n) is 7.06. The number of anilines is 1. The number of nitrogens with one attached hydrogen (secondary N) is 1. The number of aryl methyl sites for hydroxylation is 2. The summed E-state index contributed by atoms with van der Waals surface area (Å²) < 4.78 is 10.2. The fourth-order valence-electron chi connectivity index (χ4n) is 2.34. The van der Waals surface area contributed by atoms with Crippen LogP contribution in [0.15, 0.2) is 28.8 Å². The molecule has 0 saturated heterocycles. The van der Waals surface area contributed by atoms with E-state index in [1.807, 2.05) is 24.3 Å². The van der Waals surface area contributed by atoms with Crippen molar-refractivity contribution in [1.82, 2.24) is 5.16 Å². The molecule has 2 rings (SSSR count). The molecule has 25 heavy (non-hydrogen) atoms. The molecule has 1 N–H and O–H groups in total. The van der Waals surface area contributed by atoms with E-state index in [0.717, 1.165) is 0 Å². The van der Waals surface area contributed by atoms with Crippen LogP contribution >= 0.6 is 0 Å². The SMILES string of the molecule is Cc1noc(C)c1C(=O)OC(C)C(=O)Nc1ccc(C(C)(C)C)cc1. The van der Waals surface area contributed by atoms with Gasteiger partial charge in [0.25, 0.3) is 5.91 Å². The third kappa shape index (κ3) is 4.47. The Morgan fingerprint density at radius 1 is 1.16 bits per heavy atom. The number of aromatic nitrogens is 1. The van der Waals surface area contributed by atoms with Gasteiger partial charge in [-0.05, 0) is 43.9 Å². The smallest absolute Gasteiger partial charge is 0.344 e. The van der Waals surface area contributed by atoms with Gasteiger partial charge in [0, 0.05) is 5.69 Å². The van der Waals surface area contributed by atoms with Gasteiger partial charge in [-0.25, -0.2) is 4.79 Å². The van der Waals surface area contributed by atoms with Crippen LogP contribution in [0.4, 0.5) is 5.69 Å². The lowest BCUT2D eigenvalue weighted by atomic mass is 9.87. The fraction of sp³-hybridized carbons (Fsp3) is 0.421. The first-order valence-electron chi connectivity index (χ1n) is 8.15. The van der Waals surface area contributed by atoms with Crippen LogP contribution in [0.5, 0.6) is 0 Å². The van der Waals surface area contributed by atoms with E-state index in [0.29, 0.717) is 17.1 Å². The van der Waals surface area contributed by atoms with Gasteiger partial charge >= 0.3 is 5.97 Å². The summed E-state index contributed by atoms with van der Waals surface area (Å²) in [4.78, 5) is 24.4. The maximum absolute atomic E-state index is 12.2. The Morgan fingerprint density at radius 2 is 1.76 bits per heavy atom. The van der Waals surface area contributed by atoms with Crippen molar-refractivity contribution in [3.05, 3.63) is 46.8 Å². The van der Waals surface area contributed by atoms with Crippen molar-refractivity contribution in [1.29, 1.82) is 0 Å². The Morgan fingerprint density at radius 3 is 2.24 bits per heavy atom. The predicted octanol–water partition coefficient (Wildman–Crippen LogP) is 3.77.